The first-order chi connectivity index (χ1) is 16.9. The van der Waals surface area contributed by atoms with E-state index >= 15 is 0 Å². The smallest absolute Gasteiger partial charge is 0.384 e. The van der Waals surface area contributed by atoms with Crippen LogP contribution in [0, 0.1) is 0 Å². The van der Waals surface area contributed by atoms with Crippen molar-refractivity contribution in [1.29, 1.82) is 0 Å². The lowest BCUT2D eigenvalue weighted by molar-refractivity contribution is -0.141. The highest BCUT2D eigenvalue weighted by Crippen LogP contribution is 2.32. The summed E-state index contributed by atoms with van der Waals surface area (Å²) in [6.45, 7) is 0.593. The average molecular weight is 478 g/mol. The lowest BCUT2D eigenvalue weighted by atomic mass is 10.1. The summed E-state index contributed by atoms with van der Waals surface area (Å²) in [4.78, 5) is 32.9. The largest absolute Gasteiger partial charge is 0.433 e. The van der Waals surface area contributed by atoms with E-state index < -0.39 is 11.9 Å². The van der Waals surface area contributed by atoms with Gasteiger partial charge in [0.1, 0.15) is 30.0 Å². The molecule has 4 aromatic heterocycles. The summed E-state index contributed by atoms with van der Waals surface area (Å²) in [5.41, 5.74) is 1.51. The van der Waals surface area contributed by atoms with Crippen molar-refractivity contribution in [2.75, 3.05) is 11.9 Å². The number of alkyl halides is 3. The molecule has 9 nitrogen and oxygen atoms in total. The number of hydrogen-bond acceptors (Lipinski definition) is 7. The fourth-order valence-electron chi connectivity index (χ4n) is 3.60. The van der Waals surface area contributed by atoms with E-state index in [4.69, 9.17) is 0 Å². The molecule has 2 N–H and O–H groups in total. The Morgan fingerprint density at radius 1 is 1.09 bits per heavy atom. The van der Waals surface area contributed by atoms with Crippen LogP contribution in [0.15, 0.2) is 66.4 Å². The van der Waals surface area contributed by atoms with E-state index in [0.29, 0.717) is 29.1 Å². The second kappa shape index (κ2) is 8.97. The van der Waals surface area contributed by atoms with E-state index in [9.17, 15) is 18.0 Å². The van der Waals surface area contributed by atoms with E-state index in [1.807, 2.05) is 0 Å². The zero-order chi connectivity index (χ0) is 24.4. The van der Waals surface area contributed by atoms with Gasteiger partial charge in [0.2, 0.25) is 5.91 Å². The van der Waals surface area contributed by atoms with Gasteiger partial charge in [-0.2, -0.15) is 13.2 Å². The minimum Gasteiger partial charge on any atom is -0.384 e. The third-order valence-corrected chi connectivity index (χ3v) is 5.20. The number of carbonyl (C=O) groups is 1. The number of hydrogen-bond donors (Lipinski definition) is 2. The third-order valence-electron chi connectivity index (χ3n) is 5.20. The molecule has 0 unspecified atom stereocenters. The number of nitrogens with zero attached hydrogens (tertiary/aromatic N) is 6. The number of rotatable bonds is 5. The van der Waals surface area contributed by atoms with Gasteiger partial charge in [-0.05, 0) is 30.3 Å². The Labute approximate surface area is 196 Å². The summed E-state index contributed by atoms with van der Waals surface area (Å²) in [7, 11) is 0. The number of fused-ring (bicyclic) bond motifs is 1. The molecule has 0 fully saturated rings. The molecule has 1 aliphatic heterocycles. The molecule has 1 amide bonds. The number of amides is 1. The van der Waals surface area contributed by atoms with Crippen LogP contribution in [0.2, 0.25) is 0 Å². The van der Waals surface area contributed by atoms with Gasteiger partial charge in [0.25, 0.3) is 0 Å². The van der Waals surface area contributed by atoms with Gasteiger partial charge in [0.15, 0.2) is 0 Å². The summed E-state index contributed by atoms with van der Waals surface area (Å²) in [6.07, 6.45) is 4.55. The first-order valence-electron chi connectivity index (χ1n) is 10.4. The molecule has 35 heavy (non-hydrogen) atoms. The van der Waals surface area contributed by atoms with Gasteiger partial charge >= 0.3 is 6.18 Å². The normalized spacial score (nSPS) is 13.4. The highest BCUT2D eigenvalue weighted by molar-refractivity contribution is 5.94. The molecule has 4 aromatic rings. The number of aliphatic imine (C=N–C) groups is 1. The quantitative estimate of drug-likeness (QED) is 0.454. The summed E-state index contributed by atoms with van der Waals surface area (Å²) < 4.78 is 40.8. The number of halogens is 3. The van der Waals surface area contributed by atoms with Crippen molar-refractivity contribution in [2.24, 2.45) is 4.99 Å². The molecule has 0 aromatic carbocycles. The molecule has 0 spiro atoms. The number of pyridine rings is 2. The first-order valence-corrected chi connectivity index (χ1v) is 10.4. The molecular weight excluding hydrogens is 461 g/mol. The van der Waals surface area contributed by atoms with E-state index in [1.54, 1.807) is 47.6 Å². The number of carbonyl (C=O) groups excluding carboxylic acids is 1. The van der Waals surface area contributed by atoms with Gasteiger partial charge in [-0.25, -0.2) is 15.0 Å². The number of anilines is 1. The molecular formula is C23H17F3N8O. The lowest BCUT2D eigenvalue weighted by Gasteiger charge is -2.10. The minimum atomic E-state index is -4.57. The zero-order valence-electron chi connectivity index (χ0n) is 18.0. The molecule has 5 heterocycles. The van der Waals surface area contributed by atoms with Crippen LogP contribution in [0.4, 0.5) is 19.0 Å². The van der Waals surface area contributed by atoms with Crippen LogP contribution >= 0.6 is 0 Å². The number of aromatic nitrogens is 5. The monoisotopic (exact) mass is 478 g/mol. The zero-order valence-corrected chi connectivity index (χ0v) is 18.0. The van der Waals surface area contributed by atoms with Crippen LogP contribution in [-0.4, -0.2) is 43.2 Å². The highest BCUT2D eigenvalue weighted by Gasteiger charge is 2.32. The van der Waals surface area contributed by atoms with Crippen molar-refractivity contribution >= 4 is 34.7 Å². The van der Waals surface area contributed by atoms with Crippen LogP contribution in [0.3, 0.4) is 0 Å². The van der Waals surface area contributed by atoms with Crippen molar-refractivity contribution < 1.29 is 18.0 Å². The van der Waals surface area contributed by atoms with Crippen molar-refractivity contribution in [3.63, 3.8) is 0 Å². The van der Waals surface area contributed by atoms with Crippen molar-refractivity contribution in [2.45, 2.75) is 12.7 Å². The van der Waals surface area contributed by atoms with E-state index in [-0.39, 0.29) is 18.0 Å². The lowest BCUT2D eigenvalue weighted by Crippen LogP contribution is -2.19. The fraction of sp³-hybridized carbons (Fsp3) is 0.130. The van der Waals surface area contributed by atoms with Crippen LogP contribution in [0.1, 0.15) is 11.3 Å². The average Bonchev–Trinajstić information content (AvgIpc) is 3.27. The summed E-state index contributed by atoms with van der Waals surface area (Å²) in [6, 6.07) is 7.51. The maximum absolute atomic E-state index is 13.1. The van der Waals surface area contributed by atoms with Crippen molar-refractivity contribution in [3.8, 4) is 11.3 Å². The second-order valence-electron chi connectivity index (χ2n) is 7.56. The maximum atomic E-state index is 13.1. The summed E-state index contributed by atoms with van der Waals surface area (Å²) >= 11 is 0. The number of nitrogens with one attached hydrogen (secondary N) is 2. The highest BCUT2D eigenvalue weighted by atomic mass is 19.4. The Hall–Kier alpha value is -4.61. The molecule has 0 atom stereocenters. The van der Waals surface area contributed by atoms with Crippen LogP contribution < -0.4 is 10.6 Å². The van der Waals surface area contributed by atoms with Gasteiger partial charge in [-0.15, -0.1) is 0 Å². The molecule has 176 valence electrons. The predicted molar refractivity (Wildman–Crippen MR) is 123 cm³/mol. The minimum absolute atomic E-state index is 0.0765. The van der Waals surface area contributed by atoms with Gasteiger partial charge in [0, 0.05) is 54.1 Å². The van der Waals surface area contributed by atoms with Gasteiger partial charge < -0.3 is 15.2 Å². The Balaban J connectivity index is 1.34. The molecule has 5 rings (SSSR count). The van der Waals surface area contributed by atoms with Crippen LogP contribution in [0.25, 0.3) is 28.0 Å². The molecule has 12 heteroatoms. The second-order valence-corrected chi connectivity index (χ2v) is 7.56. The third kappa shape index (κ3) is 4.71. The van der Waals surface area contributed by atoms with Gasteiger partial charge in [-0.3, -0.25) is 14.8 Å². The topological polar surface area (TPSA) is 110 Å². The molecule has 0 radical (unpaired) electrons. The molecule has 0 aliphatic carbocycles. The Morgan fingerprint density at radius 2 is 1.97 bits per heavy atom. The van der Waals surface area contributed by atoms with Crippen LogP contribution in [-0.2, 0) is 17.5 Å². The Morgan fingerprint density at radius 3 is 2.71 bits per heavy atom. The standard InChI is InChI=1S/C23H17F3N8O/c24-23(25,26)18-9-14(3-5-29-18)21-16-4-8-34(22(16)32-13-31-21)12-20(35)33-19-2-1-15(10-30-19)17-11-27-6-7-28-17/h1-5,7-11,13,27H,6,12H2,(H,30,33,35). The molecule has 0 bridgehead atoms. The molecule has 1 aliphatic rings. The van der Waals surface area contributed by atoms with Crippen molar-refractivity contribution in [1.82, 2.24) is 29.8 Å². The first kappa shape index (κ1) is 22.2. The van der Waals surface area contributed by atoms with Gasteiger partial charge in [0.05, 0.1) is 11.4 Å². The Kier molecular flexibility index (Phi) is 5.69. The van der Waals surface area contributed by atoms with E-state index in [2.05, 4.69) is 35.6 Å². The fourth-order valence-corrected chi connectivity index (χ4v) is 3.60. The summed E-state index contributed by atoms with van der Waals surface area (Å²) in [5.74, 6) is 0.0260. The van der Waals surface area contributed by atoms with Crippen LogP contribution in [0.5, 0.6) is 0 Å². The van der Waals surface area contributed by atoms with Crippen molar-refractivity contribution in [3.05, 3.63) is 72.7 Å². The van der Waals surface area contributed by atoms with Gasteiger partial charge in [-0.1, -0.05) is 0 Å². The molecule has 0 saturated carbocycles. The van der Waals surface area contributed by atoms with E-state index in [0.717, 1.165) is 23.5 Å². The summed E-state index contributed by atoms with van der Waals surface area (Å²) in [5, 5.41) is 6.30. The predicted octanol–water partition coefficient (Wildman–Crippen LogP) is 3.52. The maximum Gasteiger partial charge on any atom is 0.433 e. The molecule has 0 saturated heterocycles. The Bertz CT molecular complexity index is 1460. The SMILES string of the molecule is O=C(Cn1ccc2c(-c3ccnc(C(F)(F)F)c3)ncnc21)Nc1ccc(C2=CNCC=N2)cn1. The van der Waals surface area contributed by atoms with E-state index in [1.165, 1.54) is 12.4 Å².